The number of hydrogen-bond donors (Lipinski definition) is 0. The van der Waals surface area contributed by atoms with Crippen LogP contribution in [-0.2, 0) is 11.3 Å². The van der Waals surface area contributed by atoms with Gasteiger partial charge in [-0.05, 0) is 49.7 Å². The zero-order chi connectivity index (χ0) is 17.6. The van der Waals surface area contributed by atoms with Crippen molar-refractivity contribution in [2.24, 2.45) is 0 Å². The Labute approximate surface area is 152 Å². The fraction of sp³-hybridized carbons (Fsp3) is 0.300. The van der Waals surface area contributed by atoms with Gasteiger partial charge in [-0.3, -0.25) is 4.79 Å². The van der Waals surface area contributed by atoms with Crippen LogP contribution in [0.25, 0.3) is 11.0 Å². The van der Waals surface area contributed by atoms with Crippen molar-refractivity contribution in [3.63, 3.8) is 0 Å². The number of rotatable bonds is 3. The lowest BCUT2D eigenvalue weighted by Crippen LogP contribution is -2.24. The SMILES string of the molecule is CCn1c([C@@H]2CC(=O)N(c3ccc(Cl)c(C)c3)C2)nc2ccccc21. The molecule has 1 aliphatic rings. The van der Waals surface area contributed by atoms with Gasteiger partial charge in [0.2, 0.25) is 5.91 Å². The molecule has 4 nitrogen and oxygen atoms in total. The van der Waals surface area contributed by atoms with Crippen molar-refractivity contribution in [3.8, 4) is 0 Å². The molecule has 0 aliphatic carbocycles. The van der Waals surface area contributed by atoms with Crippen LogP contribution in [0.2, 0.25) is 5.02 Å². The van der Waals surface area contributed by atoms with E-state index < -0.39 is 0 Å². The summed E-state index contributed by atoms with van der Waals surface area (Å²) in [6, 6.07) is 13.9. The Balaban J connectivity index is 1.69. The molecule has 5 heteroatoms. The quantitative estimate of drug-likeness (QED) is 0.693. The molecule has 0 N–H and O–H groups in total. The van der Waals surface area contributed by atoms with Crippen LogP contribution in [0.4, 0.5) is 5.69 Å². The highest BCUT2D eigenvalue weighted by Gasteiger charge is 2.34. The van der Waals surface area contributed by atoms with Gasteiger partial charge in [-0.2, -0.15) is 0 Å². The van der Waals surface area contributed by atoms with Gasteiger partial charge in [0.1, 0.15) is 5.82 Å². The second kappa shape index (κ2) is 6.19. The molecule has 4 rings (SSSR count). The third-order valence-corrected chi connectivity index (χ3v) is 5.37. The third-order valence-electron chi connectivity index (χ3n) is 4.94. The van der Waals surface area contributed by atoms with Gasteiger partial charge < -0.3 is 9.47 Å². The Hall–Kier alpha value is -2.33. The first-order valence-electron chi connectivity index (χ1n) is 8.60. The Bertz CT molecular complexity index is 963. The summed E-state index contributed by atoms with van der Waals surface area (Å²) in [4.78, 5) is 19.3. The minimum atomic E-state index is 0.107. The van der Waals surface area contributed by atoms with Crippen LogP contribution >= 0.6 is 11.6 Å². The lowest BCUT2D eigenvalue weighted by Gasteiger charge is -2.18. The molecule has 1 atom stereocenters. The predicted octanol–water partition coefficient (Wildman–Crippen LogP) is 4.54. The molecule has 128 valence electrons. The van der Waals surface area contributed by atoms with E-state index in [2.05, 4.69) is 17.6 Å². The Morgan fingerprint density at radius 2 is 2.04 bits per heavy atom. The molecule has 1 amide bonds. The van der Waals surface area contributed by atoms with Crippen LogP contribution in [0, 0.1) is 6.92 Å². The Kier molecular flexibility index (Phi) is 4.00. The zero-order valence-corrected chi connectivity index (χ0v) is 15.1. The van der Waals surface area contributed by atoms with Crippen molar-refractivity contribution in [2.75, 3.05) is 11.4 Å². The van der Waals surface area contributed by atoms with E-state index in [4.69, 9.17) is 16.6 Å². The lowest BCUT2D eigenvalue weighted by molar-refractivity contribution is -0.117. The summed E-state index contributed by atoms with van der Waals surface area (Å²) in [5, 5.41) is 0.722. The first-order valence-corrected chi connectivity index (χ1v) is 8.98. The number of anilines is 1. The number of nitrogens with zero attached hydrogens (tertiary/aromatic N) is 3. The standard InChI is InChI=1S/C20H20ClN3O/c1-3-23-18-7-5-4-6-17(18)22-20(23)14-11-19(25)24(12-14)15-8-9-16(21)13(2)10-15/h4-10,14H,3,11-12H2,1-2H3/t14-/m1/s1. The van der Waals surface area contributed by atoms with Gasteiger partial charge in [-0.15, -0.1) is 0 Å². The largest absolute Gasteiger partial charge is 0.328 e. The molecule has 0 radical (unpaired) electrons. The van der Waals surface area contributed by atoms with Crippen LogP contribution in [-0.4, -0.2) is 22.0 Å². The number of carbonyl (C=O) groups excluding carboxylic acids is 1. The Morgan fingerprint density at radius 1 is 1.24 bits per heavy atom. The summed E-state index contributed by atoms with van der Waals surface area (Å²) in [6.07, 6.45) is 0.491. The van der Waals surface area contributed by atoms with E-state index in [9.17, 15) is 4.79 Å². The van der Waals surface area contributed by atoms with Gasteiger partial charge in [0.25, 0.3) is 0 Å². The molecular formula is C20H20ClN3O. The summed E-state index contributed by atoms with van der Waals surface area (Å²) in [7, 11) is 0. The number of aryl methyl sites for hydroxylation is 2. The predicted molar refractivity (Wildman–Crippen MR) is 101 cm³/mol. The van der Waals surface area contributed by atoms with Gasteiger partial charge in [0.05, 0.1) is 11.0 Å². The molecule has 2 aromatic carbocycles. The number of fused-ring (bicyclic) bond motifs is 1. The third kappa shape index (κ3) is 2.71. The highest BCUT2D eigenvalue weighted by molar-refractivity contribution is 6.31. The second-order valence-electron chi connectivity index (χ2n) is 6.54. The number of hydrogen-bond acceptors (Lipinski definition) is 2. The van der Waals surface area contributed by atoms with Crippen molar-refractivity contribution in [2.45, 2.75) is 32.7 Å². The molecule has 0 saturated carbocycles. The summed E-state index contributed by atoms with van der Waals surface area (Å²) in [6.45, 7) is 5.58. The fourth-order valence-electron chi connectivity index (χ4n) is 3.66. The lowest BCUT2D eigenvalue weighted by atomic mass is 10.1. The smallest absolute Gasteiger partial charge is 0.227 e. The molecule has 0 bridgehead atoms. The van der Waals surface area contributed by atoms with E-state index in [0.29, 0.717) is 13.0 Å². The zero-order valence-electron chi connectivity index (χ0n) is 14.4. The molecule has 0 unspecified atom stereocenters. The van der Waals surface area contributed by atoms with Crippen LogP contribution in [0.1, 0.15) is 30.7 Å². The van der Waals surface area contributed by atoms with Crippen molar-refractivity contribution in [1.82, 2.24) is 9.55 Å². The maximum absolute atomic E-state index is 12.6. The number of para-hydroxylation sites is 2. The van der Waals surface area contributed by atoms with E-state index in [1.54, 1.807) is 0 Å². The number of benzene rings is 2. The molecule has 1 aliphatic heterocycles. The van der Waals surface area contributed by atoms with Crippen molar-refractivity contribution in [1.29, 1.82) is 0 Å². The summed E-state index contributed by atoms with van der Waals surface area (Å²) in [5.74, 6) is 1.25. The molecule has 1 saturated heterocycles. The minimum Gasteiger partial charge on any atom is -0.328 e. The van der Waals surface area contributed by atoms with E-state index in [-0.39, 0.29) is 11.8 Å². The topological polar surface area (TPSA) is 38.1 Å². The van der Waals surface area contributed by atoms with Crippen LogP contribution in [0.3, 0.4) is 0 Å². The molecule has 1 fully saturated rings. The fourth-order valence-corrected chi connectivity index (χ4v) is 3.78. The first kappa shape index (κ1) is 16.2. The van der Waals surface area contributed by atoms with Crippen LogP contribution in [0.15, 0.2) is 42.5 Å². The van der Waals surface area contributed by atoms with Gasteiger partial charge in [0.15, 0.2) is 0 Å². The van der Waals surface area contributed by atoms with Gasteiger partial charge in [0, 0.05) is 36.1 Å². The van der Waals surface area contributed by atoms with E-state index in [1.165, 1.54) is 0 Å². The number of imidazole rings is 1. The minimum absolute atomic E-state index is 0.107. The maximum Gasteiger partial charge on any atom is 0.227 e. The summed E-state index contributed by atoms with van der Waals surface area (Å²) < 4.78 is 2.23. The number of carbonyl (C=O) groups is 1. The first-order chi connectivity index (χ1) is 12.1. The van der Waals surface area contributed by atoms with Gasteiger partial charge in [-0.1, -0.05) is 23.7 Å². The molecule has 0 spiro atoms. The summed E-state index contributed by atoms with van der Waals surface area (Å²) >= 11 is 6.12. The molecule has 1 aromatic heterocycles. The maximum atomic E-state index is 12.6. The number of amides is 1. The molecule has 25 heavy (non-hydrogen) atoms. The van der Waals surface area contributed by atoms with Crippen molar-refractivity contribution >= 4 is 34.2 Å². The number of aromatic nitrogens is 2. The highest BCUT2D eigenvalue weighted by atomic mass is 35.5. The van der Waals surface area contributed by atoms with Crippen molar-refractivity contribution in [3.05, 3.63) is 58.9 Å². The monoisotopic (exact) mass is 353 g/mol. The average Bonchev–Trinajstić information content (AvgIpc) is 3.17. The normalized spacial score (nSPS) is 17.6. The highest BCUT2D eigenvalue weighted by Crippen LogP contribution is 2.34. The van der Waals surface area contributed by atoms with E-state index in [0.717, 1.165) is 39.7 Å². The van der Waals surface area contributed by atoms with Gasteiger partial charge >= 0.3 is 0 Å². The average molecular weight is 354 g/mol. The molecular weight excluding hydrogens is 334 g/mol. The summed E-state index contributed by atoms with van der Waals surface area (Å²) in [5.41, 5.74) is 4.02. The van der Waals surface area contributed by atoms with Crippen molar-refractivity contribution < 1.29 is 4.79 Å². The van der Waals surface area contributed by atoms with E-state index in [1.807, 2.05) is 48.2 Å². The second-order valence-corrected chi connectivity index (χ2v) is 6.95. The molecule has 3 aromatic rings. The Morgan fingerprint density at radius 3 is 2.80 bits per heavy atom. The van der Waals surface area contributed by atoms with Gasteiger partial charge in [-0.25, -0.2) is 4.98 Å². The van der Waals surface area contributed by atoms with Crippen LogP contribution in [0.5, 0.6) is 0 Å². The van der Waals surface area contributed by atoms with Crippen LogP contribution < -0.4 is 4.90 Å². The molecule has 2 heterocycles. The number of halogens is 1. The van der Waals surface area contributed by atoms with E-state index >= 15 is 0 Å².